The van der Waals surface area contributed by atoms with Crippen molar-refractivity contribution in [3.8, 4) is 0 Å². The zero-order chi connectivity index (χ0) is 14.7. The van der Waals surface area contributed by atoms with Gasteiger partial charge in [-0.1, -0.05) is 17.7 Å². The third kappa shape index (κ3) is 2.73. The van der Waals surface area contributed by atoms with E-state index in [9.17, 15) is 14.5 Å². The Morgan fingerprint density at radius 2 is 2.20 bits per heavy atom. The molecule has 1 heterocycles. The van der Waals surface area contributed by atoms with Crippen LogP contribution in [-0.4, -0.2) is 14.9 Å². The van der Waals surface area contributed by atoms with Gasteiger partial charge in [-0.15, -0.1) is 0 Å². The molecule has 8 nitrogen and oxygen atoms in total. The average Bonchev–Trinajstić information content (AvgIpc) is 2.43. The summed E-state index contributed by atoms with van der Waals surface area (Å²) in [4.78, 5) is 17.6. The molecular weight excluding hydrogens is 291 g/mol. The maximum Gasteiger partial charge on any atom is 0.329 e. The van der Waals surface area contributed by atoms with Crippen molar-refractivity contribution in [2.75, 3.05) is 10.7 Å². The molecule has 0 aliphatic heterocycles. The van der Waals surface area contributed by atoms with Gasteiger partial charge in [0.15, 0.2) is 5.82 Å². The Bertz CT molecular complexity index is 668. The van der Waals surface area contributed by atoms with Crippen molar-refractivity contribution >= 4 is 34.7 Å². The number of hydrogen-bond donors (Lipinski definition) is 3. The first-order valence-corrected chi connectivity index (χ1v) is 5.60. The normalized spacial score (nSPS) is 10.2. The highest BCUT2D eigenvalue weighted by Gasteiger charge is 2.19. The summed E-state index contributed by atoms with van der Waals surface area (Å²) in [6, 6.07) is 4.20. The molecule has 0 aliphatic carbocycles. The van der Waals surface area contributed by atoms with Crippen LogP contribution in [0.25, 0.3) is 0 Å². The molecule has 0 bridgehead atoms. The van der Waals surface area contributed by atoms with Crippen LogP contribution < -0.4 is 16.6 Å². The van der Waals surface area contributed by atoms with Crippen molar-refractivity contribution < 1.29 is 9.31 Å². The molecule has 4 N–H and O–H groups in total. The second kappa shape index (κ2) is 5.63. The Morgan fingerprint density at radius 1 is 1.45 bits per heavy atom. The van der Waals surface area contributed by atoms with Crippen LogP contribution in [0.1, 0.15) is 0 Å². The fraction of sp³-hybridized carbons (Fsp3) is 0. The van der Waals surface area contributed by atoms with E-state index in [1.54, 1.807) is 0 Å². The molecule has 10 heteroatoms. The molecule has 1 aromatic heterocycles. The second-order valence-corrected chi connectivity index (χ2v) is 3.96. The van der Waals surface area contributed by atoms with Gasteiger partial charge in [0.2, 0.25) is 11.8 Å². The third-order valence-electron chi connectivity index (χ3n) is 2.30. The van der Waals surface area contributed by atoms with E-state index in [2.05, 4.69) is 20.7 Å². The highest BCUT2D eigenvalue weighted by Crippen LogP contribution is 2.29. The molecule has 0 saturated heterocycles. The monoisotopic (exact) mass is 298 g/mol. The zero-order valence-corrected chi connectivity index (χ0v) is 10.6. The maximum absolute atomic E-state index is 13.8. The van der Waals surface area contributed by atoms with E-state index >= 15 is 0 Å². The molecule has 104 valence electrons. The van der Waals surface area contributed by atoms with Gasteiger partial charge in [0.25, 0.3) is 0 Å². The summed E-state index contributed by atoms with van der Waals surface area (Å²) in [6.45, 7) is 0. The largest absolute Gasteiger partial charge is 0.332 e. The van der Waals surface area contributed by atoms with Crippen LogP contribution in [0.4, 0.5) is 27.5 Å². The van der Waals surface area contributed by atoms with E-state index in [1.165, 1.54) is 18.2 Å². The molecule has 0 spiro atoms. The number of benzene rings is 1. The number of nitrogen functional groups attached to an aromatic ring is 1. The van der Waals surface area contributed by atoms with Crippen molar-refractivity contribution in [1.82, 2.24) is 9.97 Å². The summed E-state index contributed by atoms with van der Waals surface area (Å²) < 4.78 is 13.8. The van der Waals surface area contributed by atoms with Crippen molar-refractivity contribution in [2.45, 2.75) is 0 Å². The number of rotatable bonds is 4. The number of anilines is 3. The van der Waals surface area contributed by atoms with Crippen LogP contribution in [0.2, 0.25) is 5.02 Å². The molecule has 0 unspecified atom stereocenters. The van der Waals surface area contributed by atoms with Crippen LogP contribution in [0.3, 0.4) is 0 Å². The molecule has 0 aliphatic rings. The highest BCUT2D eigenvalue weighted by molar-refractivity contribution is 6.31. The quantitative estimate of drug-likeness (QED) is 0.449. The van der Waals surface area contributed by atoms with E-state index in [0.717, 1.165) is 6.20 Å². The number of nitro groups is 1. The van der Waals surface area contributed by atoms with Gasteiger partial charge < -0.3 is 5.32 Å². The standard InChI is InChI=1S/C10H8ClFN6O2/c11-5-2-1-3-6(8(5)12)15-9-7(18(19)20)4-14-10(16-9)17-13/h1-4H,13H2,(H2,14,15,16,17). The van der Waals surface area contributed by atoms with Gasteiger partial charge in [-0.25, -0.2) is 15.2 Å². The Balaban J connectivity index is 2.46. The minimum Gasteiger partial charge on any atom is -0.332 e. The lowest BCUT2D eigenvalue weighted by atomic mass is 10.3. The summed E-state index contributed by atoms with van der Waals surface area (Å²) in [5.41, 5.74) is 1.66. The molecule has 2 aromatic rings. The molecule has 0 fully saturated rings. The van der Waals surface area contributed by atoms with Crippen molar-refractivity contribution in [3.05, 3.63) is 45.4 Å². The lowest BCUT2D eigenvalue weighted by Crippen LogP contribution is -2.12. The van der Waals surface area contributed by atoms with E-state index < -0.39 is 16.4 Å². The predicted molar refractivity (Wildman–Crippen MR) is 71.2 cm³/mol. The summed E-state index contributed by atoms with van der Waals surface area (Å²) in [5, 5.41) is 13.2. The third-order valence-corrected chi connectivity index (χ3v) is 2.59. The first kappa shape index (κ1) is 13.9. The SMILES string of the molecule is NNc1ncc([N+](=O)[O-])c(Nc2cccc(Cl)c2F)n1. The molecule has 0 saturated carbocycles. The number of nitrogens with one attached hydrogen (secondary N) is 2. The number of nitrogens with two attached hydrogens (primary N) is 1. The van der Waals surface area contributed by atoms with Crippen molar-refractivity contribution in [2.24, 2.45) is 5.84 Å². The Labute approximate surface area is 116 Å². The lowest BCUT2D eigenvalue weighted by molar-refractivity contribution is -0.384. The van der Waals surface area contributed by atoms with Gasteiger partial charge in [-0.2, -0.15) is 4.98 Å². The van der Waals surface area contributed by atoms with E-state index in [0.29, 0.717) is 0 Å². The molecular formula is C10H8ClFN6O2. The first-order chi connectivity index (χ1) is 9.52. The van der Waals surface area contributed by atoms with Crippen LogP contribution in [-0.2, 0) is 0 Å². The first-order valence-electron chi connectivity index (χ1n) is 5.22. The van der Waals surface area contributed by atoms with Crippen LogP contribution in [0.15, 0.2) is 24.4 Å². The van der Waals surface area contributed by atoms with Gasteiger partial charge in [0, 0.05) is 0 Å². The number of aromatic nitrogens is 2. The summed E-state index contributed by atoms with van der Waals surface area (Å²) in [5.74, 6) is 4.11. The lowest BCUT2D eigenvalue weighted by Gasteiger charge is -2.08. The minimum atomic E-state index is -0.746. The predicted octanol–water partition coefficient (Wildman–Crippen LogP) is 2.21. The summed E-state index contributed by atoms with van der Waals surface area (Å²) >= 11 is 5.63. The molecule has 1 aromatic carbocycles. The van der Waals surface area contributed by atoms with Gasteiger partial charge >= 0.3 is 5.69 Å². The highest BCUT2D eigenvalue weighted by atomic mass is 35.5. The topological polar surface area (TPSA) is 119 Å². The second-order valence-electron chi connectivity index (χ2n) is 3.56. The van der Waals surface area contributed by atoms with Gasteiger partial charge in [-0.3, -0.25) is 15.5 Å². The molecule has 0 atom stereocenters. The van der Waals surface area contributed by atoms with Gasteiger partial charge in [0.1, 0.15) is 6.20 Å². The molecule has 2 rings (SSSR count). The van der Waals surface area contributed by atoms with Gasteiger partial charge in [-0.05, 0) is 12.1 Å². The molecule has 0 radical (unpaired) electrons. The summed E-state index contributed by atoms with van der Waals surface area (Å²) in [6.07, 6.45) is 0.951. The Kier molecular flexibility index (Phi) is 3.91. The smallest absolute Gasteiger partial charge is 0.329 e. The fourth-order valence-electron chi connectivity index (χ4n) is 1.40. The van der Waals surface area contributed by atoms with Crippen LogP contribution in [0.5, 0.6) is 0 Å². The van der Waals surface area contributed by atoms with E-state index in [1.807, 2.05) is 0 Å². The zero-order valence-electron chi connectivity index (χ0n) is 9.80. The minimum absolute atomic E-state index is 0.0535. The number of halogens is 2. The van der Waals surface area contributed by atoms with Crippen molar-refractivity contribution in [3.63, 3.8) is 0 Å². The van der Waals surface area contributed by atoms with Crippen LogP contribution >= 0.6 is 11.6 Å². The van der Waals surface area contributed by atoms with Crippen molar-refractivity contribution in [1.29, 1.82) is 0 Å². The molecule has 20 heavy (non-hydrogen) atoms. The van der Waals surface area contributed by atoms with E-state index in [4.69, 9.17) is 17.4 Å². The van der Waals surface area contributed by atoms with Crippen LogP contribution in [0, 0.1) is 15.9 Å². The summed E-state index contributed by atoms with van der Waals surface area (Å²) in [7, 11) is 0. The van der Waals surface area contributed by atoms with E-state index in [-0.39, 0.29) is 22.5 Å². The Morgan fingerprint density at radius 3 is 2.85 bits per heavy atom. The number of nitrogens with zero attached hydrogens (tertiary/aromatic N) is 3. The fourth-order valence-corrected chi connectivity index (χ4v) is 1.57. The molecule has 0 amide bonds. The Hall–Kier alpha value is -2.52. The number of hydrazine groups is 1. The maximum atomic E-state index is 13.8. The number of hydrogen-bond acceptors (Lipinski definition) is 7. The average molecular weight is 299 g/mol. The van der Waals surface area contributed by atoms with Gasteiger partial charge in [0.05, 0.1) is 15.6 Å².